The van der Waals surface area contributed by atoms with Crippen molar-refractivity contribution in [3.8, 4) is 0 Å². The van der Waals surface area contributed by atoms with E-state index >= 15 is 0 Å². The minimum absolute atomic E-state index is 0. The second-order valence-corrected chi connectivity index (χ2v) is 7.23. The molecule has 1 aromatic rings. The largest absolute Gasteiger partial charge is 1.00 e. The highest BCUT2D eigenvalue weighted by Crippen LogP contribution is 2.12. The number of likely N-dealkylation sites (tertiary alicyclic amines) is 1. The Kier molecular flexibility index (Phi) is 10.9. The first-order valence-corrected chi connectivity index (χ1v) is 9.62. The van der Waals surface area contributed by atoms with E-state index in [1.165, 1.54) is 63.7 Å². The third kappa shape index (κ3) is 8.80. The second-order valence-electron chi connectivity index (χ2n) is 6.79. The van der Waals surface area contributed by atoms with Gasteiger partial charge in [-0.25, -0.2) is 0 Å². The fraction of sp³-hybridized carbons (Fsp3) is 0.632. The van der Waals surface area contributed by atoms with Crippen molar-refractivity contribution in [3.63, 3.8) is 0 Å². The molecule has 2 rings (SSSR count). The molecule has 1 aliphatic rings. The van der Waals surface area contributed by atoms with Gasteiger partial charge in [-0.05, 0) is 63.0 Å². The van der Waals surface area contributed by atoms with Crippen LogP contribution in [0.15, 0.2) is 24.3 Å². The van der Waals surface area contributed by atoms with Gasteiger partial charge in [0.1, 0.15) is 0 Å². The Morgan fingerprint density at radius 3 is 2.20 bits per heavy atom. The smallest absolute Gasteiger partial charge is 0.341 e. The number of halogens is 2. The van der Waals surface area contributed by atoms with Gasteiger partial charge < -0.3 is 17.3 Å². The maximum Gasteiger partial charge on any atom is 0.341 e. The maximum atomic E-state index is 5.93. The quantitative estimate of drug-likeness (QED) is 0.261. The zero-order chi connectivity index (χ0) is 17.2. The van der Waals surface area contributed by atoms with E-state index in [1.807, 2.05) is 28.8 Å². The summed E-state index contributed by atoms with van der Waals surface area (Å²) in [4.78, 5) is 2.60. The van der Waals surface area contributed by atoms with Gasteiger partial charge in [0.2, 0.25) is 0 Å². The Labute approximate surface area is 163 Å². The van der Waals surface area contributed by atoms with Crippen molar-refractivity contribution in [1.29, 1.82) is 0 Å². The molecular formula is C19H32Cl2N4. The Hall–Kier alpha value is -0.970. The predicted molar refractivity (Wildman–Crippen MR) is 102 cm³/mol. The molecule has 1 aliphatic heterocycles. The van der Waals surface area contributed by atoms with E-state index in [4.69, 9.17) is 23.1 Å². The van der Waals surface area contributed by atoms with Crippen molar-refractivity contribution in [3.05, 3.63) is 34.9 Å². The Morgan fingerprint density at radius 2 is 1.56 bits per heavy atom. The molecule has 0 spiro atoms. The van der Waals surface area contributed by atoms with Crippen LogP contribution in [0.3, 0.4) is 0 Å². The lowest BCUT2D eigenvalue weighted by molar-refractivity contribution is -0.546. The molecule has 1 aromatic carbocycles. The molecule has 0 radical (unpaired) electrons. The van der Waals surface area contributed by atoms with Crippen LogP contribution in [-0.2, 0) is 6.54 Å². The zero-order valence-corrected chi connectivity index (χ0v) is 16.6. The van der Waals surface area contributed by atoms with Gasteiger partial charge in [-0.1, -0.05) is 43.0 Å². The van der Waals surface area contributed by atoms with E-state index in [-0.39, 0.29) is 12.4 Å². The van der Waals surface area contributed by atoms with Crippen LogP contribution in [-0.4, -0.2) is 41.6 Å². The number of nitrogens with zero attached hydrogens (tertiary/aromatic N) is 2. The number of nitrogens with two attached hydrogens (primary N) is 2. The molecule has 0 atom stereocenters. The van der Waals surface area contributed by atoms with E-state index in [2.05, 4.69) is 4.90 Å². The van der Waals surface area contributed by atoms with Gasteiger partial charge >= 0.3 is 5.96 Å². The number of guanidine groups is 1. The van der Waals surface area contributed by atoms with Crippen LogP contribution in [0.1, 0.15) is 50.5 Å². The molecule has 1 saturated heterocycles. The second kappa shape index (κ2) is 12.4. The van der Waals surface area contributed by atoms with Crippen LogP contribution in [0.25, 0.3) is 0 Å². The number of benzene rings is 1. The average molecular weight is 387 g/mol. The fourth-order valence-electron chi connectivity index (χ4n) is 3.28. The third-order valence-corrected chi connectivity index (χ3v) is 5.00. The van der Waals surface area contributed by atoms with Crippen molar-refractivity contribution in [2.24, 2.45) is 11.5 Å². The molecule has 0 aromatic heterocycles. The summed E-state index contributed by atoms with van der Waals surface area (Å²) in [5.41, 5.74) is 12.8. The van der Waals surface area contributed by atoms with Crippen molar-refractivity contribution in [1.82, 2.24) is 4.90 Å². The van der Waals surface area contributed by atoms with Gasteiger partial charge in [0.15, 0.2) is 0 Å². The molecule has 1 heterocycles. The average Bonchev–Trinajstić information content (AvgIpc) is 3.08. The first kappa shape index (κ1) is 22.1. The van der Waals surface area contributed by atoms with Crippen molar-refractivity contribution in [2.75, 3.05) is 26.2 Å². The molecule has 0 saturated carbocycles. The first-order chi connectivity index (χ1) is 11.6. The van der Waals surface area contributed by atoms with E-state index in [9.17, 15) is 0 Å². The number of rotatable bonds is 10. The van der Waals surface area contributed by atoms with Crippen LogP contribution in [0.5, 0.6) is 0 Å². The molecule has 0 bridgehead atoms. The lowest BCUT2D eigenvalue weighted by Gasteiger charge is -2.14. The fourth-order valence-corrected chi connectivity index (χ4v) is 3.41. The van der Waals surface area contributed by atoms with Crippen LogP contribution in [0, 0.1) is 0 Å². The minimum atomic E-state index is 0. The van der Waals surface area contributed by atoms with Crippen LogP contribution >= 0.6 is 11.6 Å². The topological polar surface area (TPSA) is 58.3 Å². The SMILES string of the molecule is NC(N)=[N+](CCCCCCCN1CCCC1)Cc1ccc(Cl)cc1.[Cl-]. The van der Waals surface area contributed by atoms with Crippen molar-refractivity contribution >= 4 is 17.6 Å². The van der Waals surface area contributed by atoms with E-state index < -0.39 is 0 Å². The Balaban J connectivity index is 0.00000312. The van der Waals surface area contributed by atoms with Gasteiger partial charge in [-0.3, -0.25) is 16.0 Å². The van der Waals surface area contributed by atoms with E-state index in [0.29, 0.717) is 5.96 Å². The summed E-state index contributed by atoms with van der Waals surface area (Å²) in [6, 6.07) is 7.86. The normalized spacial score (nSPS) is 14.3. The highest BCUT2D eigenvalue weighted by atomic mass is 35.5. The van der Waals surface area contributed by atoms with Gasteiger partial charge in [-0.15, -0.1) is 0 Å². The standard InChI is InChI=1S/C19H31ClN4.ClH/c20-18-10-8-17(9-11-18)16-24(19(21)22)15-5-3-1-2-4-12-23-13-6-7-14-23;/h8-11H,1-7,12-16H2,(H3,21,22);1H. The lowest BCUT2D eigenvalue weighted by Crippen LogP contribution is -3.00. The molecule has 4 nitrogen and oxygen atoms in total. The number of unbranched alkanes of at least 4 members (excludes halogenated alkanes) is 4. The number of hydrogen-bond acceptors (Lipinski definition) is 1. The van der Waals surface area contributed by atoms with Crippen LogP contribution < -0.4 is 23.9 Å². The molecular weight excluding hydrogens is 355 g/mol. The van der Waals surface area contributed by atoms with Gasteiger partial charge in [0, 0.05) is 5.02 Å². The molecule has 25 heavy (non-hydrogen) atoms. The maximum absolute atomic E-state index is 5.93. The molecule has 4 N–H and O–H groups in total. The van der Waals surface area contributed by atoms with Crippen LogP contribution in [0.4, 0.5) is 0 Å². The summed E-state index contributed by atoms with van der Waals surface area (Å²) >= 11 is 5.93. The van der Waals surface area contributed by atoms with Crippen molar-refractivity contribution < 1.29 is 17.0 Å². The third-order valence-electron chi connectivity index (χ3n) is 4.75. The predicted octanol–water partition coefficient (Wildman–Crippen LogP) is 0.176. The molecule has 0 aliphatic carbocycles. The Bertz CT molecular complexity index is 507. The summed E-state index contributed by atoms with van der Waals surface area (Å²) in [6.07, 6.45) is 9.11. The first-order valence-electron chi connectivity index (χ1n) is 9.25. The Morgan fingerprint density at radius 1 is 0.960 bits per heavy atom. The van der Waals surface area contributed by atoms with Crippen LogP contribution in [0.2, 0.25) is 5.02 Å². The van der Waals surface area contributed by atoms with Gasteiger partial charge in [0.05, 0.1) is 13.1 Å². The summed E-state index contributed by atoms with van der Waals surface area (Å²) in [6.45, 7) is 5.56. The summed E-state index contributed by atoms with van der Waals surface area (Å²) in [5, 5.41) is 0.754. The number of hydrogen-bond donors (Lipinski definition) is 2. The highest BCUT2D eigenvalue weighted by molar-refractivity contribution is 6.30. The van der Waals surface area contributed by atoms with E-state index in [1.54, 1.807) is 0 Å². The molecule has 1 fully saturated rings. The lowest BCUT2D eigenvalue weighted by atomic mass is 10.1. The van der Waals surface area contributed by atoms with Gasteiger partial charge in [-0.2, -0.15) is 0 Å². The molecule has 142 valence electrons. The van der Waals surface area contributed by atoms with E-state index in [0.717, 1.165) is 24.5 Å². The molecule has 0 unspecified atom stereocenters. The highest BCUT2D eigenvalue weighted by Gasteiger charge is 2.10. The summed E-state index contributed by atoms with van der Waals surface area (Å²) in [5.74, 6) is 0.402. The van der Waals surface area contributed by atoms with Gasteiger partial charge in [0.25, 0.3) is 0 Å². The summed E-state index contributed by atoms with van der Waals surface area (Å²) in [7, 11) is 0. The zero-order valence-electron chi connectivity index (χ0n) is 15.1. The molecule has 6 heteroatoms. The summed E-state index contributed by atoms with van der Waals surface area (Å²) < 4.78 is 2.05. The molecule has 0 amide bonds. The minimum Gasteiger partial charge on any atom is -1.00 e. The monoisotopic (exact) mass is 386 g/mol. The van der Waals surface area contributed by atoms with Crippen molar-refractivity contribution in [2.45, 2.75) is 51.5 Å².